The van der Waals surface area contributed by atoms with Crippen molar-refractivity contribution in [1.29, 1.82) is 0 Å². The van der Waals surface area contributed by atoms with Gasteiger partial charge in [0.15, 0.2) is 0 Å². The van der Waals surface area contributed by atoms with Crippen LogP contribution in [0.15, 0.2) is 0 Å². The highest BCUT2D eigenvalue weighted by molar-refractivity contribution is 4.74. The van der Waals surface area contributed by atoms with Crippen LogP contribution in [-0.4, -0.2) is 12.7 Å². The predicted molar refractivity (Wildman–Crippen MR) is 68.2 cm³/mol. The minimum atomic E-state index is 0.599. The molecule has 15 heavy (non-hydrogen) atoms. The van der Waals surface area contributed by atoms with Crippen molar-refractivity contribution in [3.63, 3.8) is 0 Å². The lowest BCUT2D eigenvalue weighted by Gasteiger charge is -2.16. The Hall–Kier alpha value is -0.0400. The number of hydrogen-bond acceptors (Lipinski definition) is 1. The second-order valence-electron chi connectivity index (χ2n) is 4.57. The molecule has 1 rings (SSSR count). The van der Waals surface area contributed by atoms with E-state index in [1.54, 1.807) is 0 Å². The minimum absolute atomic E-state index is 0.599. The summed E-state index contributed by atoms with van der Waals surface area (Å²) in [6.07, 6.45) is 9.80. The summed E-state index contributed by atoms with van der Waals surface area (Å²) in [5.74, 6) is 0.863. The summed E-state index contributed by atoms with van der Waals surface area (Å²) in [6, 6.07) is 0. The Bertz CT molecular complexity index is 123. The van der Waals surface area contributed by atoms with Crippen molar-refractivity contribution >= 4 is 0 Å². The van der Waals surface area contributed by atoms with Gasteiger partial charge in [0.1, 0.15) is 0 Å². The van der Waals surface area contributed by atoms with E-state index >= 15 is 0 Å². The van der Waals surface area contributed by atoms with Gasteiger partial charge in [-0.1, -0.05) is 59.8 Å². The molecule has 1 fully saturated rings. The Balaban J connectivity index is 0.000000583. The second-order valence-corrected chi connectivity index (χ2v) is 4.57. The van der Waals surface area contributed by atoms with Gasteiger partial charge in [0.2, 0.25) is 0 Å². The molecule has 0 N–H and O–H groups in total. The van der Waals surface area contributed by atoms with Gasteiger partial charge in [-0.2, -0.15) is 0 Å². The lowest BCUT2D eigenvalue weighted by molar-refractivity contribution is 0.0804. The third kappa shape index (κ3) is 6.94. The molecule has 1 heteroatoms. The normalized spacial score (nSPS) is 24.8. The van der Waals surface area contributed by atoms with Gasteiger partial charge in [-0.15, -0.1) is 0 Å². The smallest absolute Gasteiger partial charge is 0.0604 e. The summed E-state index contributed by atoms with van der Waals surface area (Å²) in [5, 5.41) is 0. The monoisotopic (exact) mass is 214 g/mol. The fourth-order valence-corrected chi connectivity index (χ4v) is 2.07. The van der Waals surface area contributed by atoms with Crippen molar-refractivity contribution in [2.24, 2.45) is 5.92 Å². The molecular formula is C14H30O. The van der Waals surface area contributed by atoms with E-state index in [4.69, 9.17) is 4.74 Å². The standard InChI is InChI=1S/C11H22O.C3H8/c1-3-5-6-7-11-10(4-2)8-9-12-11;1-3-2/h10-11H,3-9H2,1-2H3;3H2,1-2H3. The number of ether oxygens (including phenoxy) is 1. The Kier molecular flexibility index (Phi) is 10.4. The van der Waals surface area contributed by atoms with E-state index in [0.29, 0.717) is 6.10 Å². The average Bonchev–Trinajstić information content (AvgIpc) is 2.67. The lowest BCUT2D eigenvalue weighted by atomic mass is 9.95. The molecule has 0 bridgehead atoms. The van der Waals surface area contributed by atoms with Crippen molar-refractivity contribution in [3.05, 3.63) is 0 Å². The molecule has 0 spiro atoms. The van der Waals surface area contributed by atoms with Gasteiger partial charge in [-0.05, 0) is 18.8 Å². The maximum Gasteiger partial charge on any atom is 0.0604 e. The molecule has 1 saturated heterocycles. The van der Waals surface area contributed by atoms with Gasteiger partial charge in [-0.25, -0.2) is 0 Å². The van der Waals surface area contributed by atoms with Crippen molar-refractivity contribution < 1.29 is 4.74 Å². The highest BCUT2D eigenvalue weighted by Crippen LogP contribution is 2.27. The van der Waals surface area contributed by atoms with Crippen LogP contribution in [-0.2, 0) is 4.74 Å². The fraction of sp³-hybridized carbons (Fsp3) is 1.00. The SMILES string of the molecule is CCC.CCCCCC1OCCC1CC. The molecule has 92 valence electrons. The molecule has 0 radical (unpaired) electrons. The van der Waals surface area contributed by atoms with Gasteiger partial charge in [0.25, 0.3) is 0 Å². The largest absolute Gasteiger partial charge is 0.378 e. The van der Waals surface area contributed by atoms with Crippen LogP contribution in [0, 0.1) is 5.92 Å². The van der Waals surface area contributed by atoms with E-state index in [0.717, 1.165) is 12.5 Å². The fourth-order valence-electron chi connectivity index (χ4n) is 2.07. The minimum Gasteiger partial charge on any atom is -0.378 e. The summed E-state index contributed by atoms with van der Waals surface area (Å²) in [5.41, 5.74) is 0. The molecule has 1 aliphatic rings. The number of hydrogen-bond donors (Lipinski definition) is 0. The quantitative estimate of drug-likeness (QED) is 0.597. The van der Waals surface area contributed by atoms with Crippen molar-refractivity contribution in [1.82, 2.24) is 0 Å². The van der Waals surface area contributed by atoms with Crippen LogP contribution in [0.2, 0.25) is 0 Å². The molecule has 1 nitrogen and oxygen atoms in total. The summed E-state index contributed by atoms with van der Waals surface area (Å²) in [6.45, 7) is 9.80. The molecule has 0 aromatic rings. The van der Waals surface area contributed by atoms with E-state index in [-0.39, 0.29) is 0 Å². The zero-order chi connectivity index (χ0) is 11.5. The zero-order valence-corrected chi connectivity index (χ0v) is 11.2. The maximum atomic E-state index is 5.70. The van der Waals surface area contributed by atoms with Crippen LogP contribution < -0.4 is 0 Å². The predicted octanol–water partition coefficient (Wildman–Crippen LogP) is 4.80. The molecule has 2 unspecified atom stereocenters. The van der Waals surface area contributed by atoms with E-state index < -0.39 is 0 Å². The Morgan fingerprint density at radius 3 is 2.27 bits per heavy atom. The van der Waals surface area contributed by atoms with Crippen molar-refractivity contribution in [2.45, 2.75) is 78.7 Å². The number of unbranched alkanes of at least 4 members (excludes halogenated alkanes) is 2. The molecular weight excluding hydrogens is 184 g/mol. The first-order valence-electron chi connectivity index (χ1n) is 6.91. The highest BCUT2D eigenvalue weighted by atomic mass is 16.5. The molecule has 0 aliphatic carbocycles. The lowest BCUT2D eigenvalue weighted by Crippen LogP contribution is -2.14. The molecule has 0 aromatic carbocycles. The van der Waals surface area contributed by atoms with Gasteiger partial charge in [-0.3, -0.25) is 0 Å². The maximum absolute atomic E-state index is 5.70. The van der Waals surface area contributed by atoms with Crippen LogP contribution in [0.4, 0.5) is 0 Å². The van der Waals surface area contributed by atoms with Crippen LogP contribution in [0.5, 0.6) is 0 Å². The van der Waals surface area contributed by atoms with Crippen molar-refractivity contribution in [2.75, 3.05) is 6.61 Å². The highest BCUT2D eigenvalue weighted by Gasteiger charge is 2.25. The first-order valence-corrected chi connectivity index (χ1v) is 6.91. The van der Waals surface area contributed by atoms with Crippen LogP contribution in [0.3, 0.4) is 0 Å². The second kappa shape index (κ2) is 10.5. The summed E-state index contributed by atoms with van der Waals surface area (Å²) < 4.78 is 5.70. The van der Waals surface area contributed by atoms with Gasteiger partial charge in [0, 0.05) is 6.61 Å². The molecule has 0 aromatic heterocycles. The topological polar surface area (TPSA) is 9.23 Å². The van der Waals surface area contributed by atoms with Gasteiger partial charge < -0.3 is 4.74 Å². The van der Waals surface area contributed by atoms with E-state index in [1.165, 1.54) is 44.9 Å². The Morgan fingerprint density at radius 1 is 1.07 bits per heavy atom. The van der Waals surface area contributed by atoms with E-state index in [1.807, 2.05) is 0 Å². The first-order chi connectivity index (χ1) is 7.29. The molecule has 1 aliphatic heterocycles. The van der Waals surface area contributed by atoms with E-state index in [2.05, 4.69) is 27.7 Å². The number of rotatable bonds is 5. The third-order valence-electron chi connectivity index (χ3n) is 2.96. The zero-order valence-electron chi connectivity index (χ0n) is 11.2. The van der Waals surface area contributed by atoms with Crippen LogP contribution >= 0.6 is 0 Å². The van der Waals surface area contributed by atoms with E-state index in [9.17, 15) is 0 Å². The Morgan fingerprint density at radius 2 is 1.73 bits per heavy atom. The molecule has 2 atom stereocenters. The third-order valence-corrected chi connectivity index (χ3v) is 2.96. The van der Waals surface area contributed by atoms with Crippen molar-refractivity contribution in [3.8, 4) is 0 Å². The molecule has 1 heterocycles. The summed E-state index contributed by atoms with van der Waals surface area (Å²) in [4.78, 5) is 0. The van der Waals surface area contributed by atoms with Crippen LogP contribution in [0.25, 0.3) is 0 Å². The first kappa shape index (κ1) is 15.0. The molecule has 0 amide bonds. The summed E-state index contributed by atoms with van der Waals surface area (Å²) >= 11 is 0. The Labute approximate surface area is 96.6 Å². The van der Waals surface area contributed by atoms with Crippen LogP contribution in [0.1, 0.15) is 72.6 Å². The average molecular weight is 214 g/mol. The molecule has 0 saturated carbocycles. The summed E-state index contributed by atoms with van der Waals surface area (Å²) in [7, 11) is 0. The van der Waals surface area contributed by atoms with Gasteiger partial charge >= 0.3 is 0 Å². The van der Waals surface area contributed by atoms with Gasteiger partial charge in [0.05, 0.1) is 6.10 Å².